The molecular weight excluding hydrogens is 658 g/mol. The normalized spacial score (nSPS) is 22.4. The fraction of sp³-hybridized carbons (Fsp3) is 0.372. The minimum atomic E-state index is -0.836. The fourth-order valence-electron chi connectivity index (χ4n) is 5.31. The molecule has 1 aliphatic rings. The van der Waals surface area contributed by atoms with E-state index in [1.54, 1.807) is 74.8 Å². The summed E-state index contributed by atoms with van der Waals surface area (Å²) in [6.07, 6.45) is 26.1. The molecule has 0 aromatic heterocycles. The number of carbonyl (C=O) groups is 3. The maximum atomic E-state index is 12.6. The minimum absolute atomic E-state index is 0.0755. The number of esters is 1. The lowest BCUT2D eigenvalue weighted by Crippen LogP contribution is -2.37. The Balaban J connectivity index is 1.74. The molecule has 52 heavy (non-hydrogen) atoms. The number of benzene rings is 1. The molecule has 0 saturated carbocycles. The Labute approximate surface area is 308 Å². The second kappa shape index (κ2) is 22.1. The van der Waals surface area contributed by atoms with E-state index in [2.05, 4.69) is 5.32 Å². The number of phenols is 1. The van der Waals surface area contributed by atoms with Crippen LogP contribution in [0.4, 0.5) is 0 Å². The quantitative estimate of drug-likeness (QED) is 0.0382. The first-order valence-corrected chi connectivity index (χ1v) is 17.5. The maximum Gasteiger partial charge on any atom is 0.312 e. The van der Waals surface area contributed by atoms with Crippen molar-refractivity contribution >= 4 is 17.7 Å². The fourth-order valence-corrected chi connectivity index (χ4v) is 5.31. The van der Waals surface area contributed by atoms with E-state index < -0.39 is 11.7 Å². The number of aromatic hydroxyl groups is 1. The van der Waals surface area contributed by atoms with Gasteiger partial charge in [-0.25, -0.2) is 0 Å². The number of nitrogens with one attached hydrogen (secondary N) is 1. The first kappa shape index (κ1) is 43.2. The molecule has 1 aromatic rings. The lowest BCUT2D eigenvalue weighted by Gasteiger charge is -2.25. The first-order valence-electron chi connectivity index (χ1n) is 17.5. The number of carbonyl (C=O) groups excluding carboxylic acids is 3. The number of phenolic OH excluding ortho intramolecular Hbond substituents is 1. The molecular formula is C43H55NO8. The monoisotopic (exact) mass is 713 g/mol. The number of rotatable bonds is 19. The molecule has 1 aromatic carbocycles. The van der Waals surface area contributed by atoms with Gasteiger partial charge in [0, 0.05) is 25.1 Å². The van der Waals surface area contributed by atoms with Crippen LogP contribution < -0.4 is 5.32 Å². The maximum absolute atomic E-state index is 12.6. The van der Waals surface area contributed by atoms with Gasteiger partial charge in [-0.2, -0.15) is 0 Å². The Bertz CT molecular complexity index is 1620. The summed E-state index contributed by atoms with van der Waals surface area (Å²) in [5.74, 6) is -1.30. The summed E-state index contributed by atoms with van der Waals surface area (Å²) in [7, 11) is 1.56. The van der Waals surface area contributed by atoms with Crippen LogP contribution in [-0.4, -0.2) is 63.9 Å². The van der Waals surface area contributed by atoms with E-state index in [4.69, 9.17) is 9.47 Å². The second-order valence-electron chi connectivity index (χ2n) is 13.3. The summed E-state index contributed by atoms with van der Waals surface area (Å²) in [6, 6.07) is 6.56. The summed E-state index contributed by atoms with van der Waals surface area (Å²) < 4.78 is 10.9. The van der Waals surface area contributed by atoms with Gasteiger partial charge in [0.05, 0.1) is 12.0 Å². The van der Waals surface area contributed by atoms with Gasteiger partial charge in [0.25, 0.3) is 0 Å². The van der Waals surface area contributed by atoms with Crippen molar-refractivity contribution in [3.05, 3.63) is 138 Å². The summed E-state index contributed by atoms with van der Waals surface area (Å²) in [6.45, 7) is 11.1. The minimum Gasteiger partial charge on any atom is -0.508 e. The third kappa shape index (κ3) is 15.9. The van der Waals surface area contributed by atoms with E-state index >= 15 is 0 Å². The molecule has 280 valence electrons. The largest absolute Gasteiger partial charge is 0.508 e. The highest BCUT2D eigenvalue weighted by molar-refractivity contribution is 5.99. The van der Waals surface area contributed by atoms with Crippen molar-refractivity contribution < 1.29 is 39.2 Å². The van der Waals surface area contributed by atoms with Gasteiger partial charge in [0.2, 0.25) is 5.91 Å². The van der Waals surface area contributed by atoms with E-state index in [1.165, 1.54) is 12.2 Å². The van der Waals surface area contributed by atoms with E-state index in [-0.39, 0.29) is 53.2 Å². The average Bonchev–Trinajstić information content (AvgIpc) is 3.31. The van der Waals surface area contributed by atoms with Gasteiger partial charge in [-0.05, 0) is 89.8 Å². The predicted octanol–water partition coefficient (Wildman–Crippen LogP) is 7.42. The van der Waals surface area contributed by atoms with Crippen LogP contribution in [0.15, 0.2) is 132 Å². The lowest BCUT2D eigenvalue weighted by atomic mass is 9.92. The van der Waals surface area contributed by atoms with Gasteiger partial charge in [0.1, 0.15) is 17.6 Å². The Morgan fingerprint density at radius 1 is 0.962 bits per heavy atom. The van der Waals surface area contributed by atoms with Crippen LogP contribution in [0.2, 0.25) is 0 Å². The molecule has 9 nitrogen and oxygen atoms in total. The number of amides is 1. The molecule has 0 spiro atoms. The van der Waals surface area contributed by atoms with Gasteiger partial charge in [0.15, 0.2) is 11.4 Å². The SMILES string of the molecule is CO[C@H]1[C@@H](C)C(=O)O[C@@]1(C)/C=C/C=C/C(C)=C/C=C/C(O)=C/C(=O)/C=C/C=C(C)/C=C/[C@H](C)NC(=O)[C@@H](C)C/C=C/C[C@H](O)Cc1ccc(O)cc1. The average molecular weight is 714 g/mol. The highest BCUT2D eigenvalue weighted by Crippen LogP contribution is 2.34. The molecule has 0 bridgehead atoms. The van der Waals surface area contributed by atoms with Crippen molar-refractivity contribution in [1.29, 1.82) is 0 Å². The molecule has 2 rings (SSSR count). The van der Waals surface area contributed by atoms with E-state index in [1.807, 2.05) is 71.1 Å². The summed E-state index contributed by atoms with van der Waals surface area (Å²) in [5, 5.41) is 32.7. The topological polar surface area (TPSA) is 142 Å². The lowest BCUT2D eigenvalue weighted by molar-refractivity contribution is -0.147. The Morgan fingerprint density at radius 2 is 1.60 bits per heavy atom. The zero-order valence-electron chi connectivity index (χ0n) is 31.4. The standard InChI is InChI=1S/C43H55NO8/c1-30(14-10-11-27-43(6)40(51-7)34(5)42(50)52-43)15-12-19-38(47)29-39(48)20-13-16-31(2)21-22-33(4)44-41(49)32(3)17-8-9-18-37(46)28-35-23-25-36(45)26-24-35/h8-16,19-27,29,32-34,37,40,45-47H,17-18,28H2,1-7H3,(H,44,49)/b9-8+,14-10+,19-12+,20-13+,22-21+,27-11+,30-15+,31-16+,38-29-/t32-,33-,34+,37-,40-,43-/m0/s1. The number of cyclic esters (lactones) is 1. The Kier molecular flexibility index (Phi) is 18.3. The van der Waals surface area contributed by atoms with Crippen LogP contribution in [0.25, 0.3) is 0 Å². The van der Waals surface area contributed by atoms with E-state index in [0.717, 1.165) is 22.8 Å². The van der Waals surface area contributed by atoms with Crippen LogP contribution in [0.3, 0.4) is 0 Å². The zero-order valence-corrected chi connectivity index (χ0v) is 31.4. The Hall–Kier alpha value is -4.99. The van der Waals surface area contributed by atoms with Crippen LogP contribution in [0.5, 0.6) is 5.75 Å². The van der Waals surface area contributed by atoms with E-state index in [0.29, 0.717) is 19.3 Å². The number of methoxy groups -OCH3 is 1. The van der Waals surface area contributed by atoms with Crippen molar-refractivity contribution in [1.82, 2.24) is 5.32 Å². The van der Waals surface area contributed by atoms with E-state index in [9.17, 15) is 29.7 Å². The molecule has 0 unspecified atom stereocenters. The van der Waals surface area contributed by atoms with Crippen molar-refractivity contribution in [2.24, 2.45) is 11.8 Å². The number of hydrogen-bond donors (Lipinski definition) is 4. The molecule has 1 heterocycles. The molecule has 1 amide bonds. The molecule has 1 fully saturated rings. The summed E-state index contributed by atoms with van der Waals surface area (Å²) in [5.41, 5.74) is 1.87. The van der Waals surface area contributed by atoms with Crippen LogP contribution in [0, 0.1) is 11.8 Å². The molecule has 1 aliphatic heterocycles. The molecule has 6 atom stereocenters. The molecule has 0 radical (unpaired) electrons. The van der Waals surface area contributed by atoms with Gasteiger partial charge >= 0.3 is 5.97 Å². The van der Waals surface area contributed by atoms with Gasteiger partial charge < -0.3 is 30.1 Å². The number of ether oxygens (including phenoxy) is 2. The highest BCUT2D eigenvalue weighted by Gasteiger charge is 2.49. The van der Waals surface area contributed by atoms with Gasteiger partial charge in [-0.1, -0.05) is 97.0 Å². The van der Waals surface area contributed by atoms with Crippen molar-refractivity contribution in [3.63, 3.8) is 0 Å². The van der Waals surface area contributed by atoms with Crippen LogP contribution >= 0.6 is 0 Å². The molecule has 9 heteroatoms. The number of hydrogen-bond acceptors (Lipinski definition) is 8. The zero-order chi connectivity index (χ0) is 38.7. The van der Waals surface area contributed by atoms with Crippen LogP contribution in [0.1, 0.15) is 59.9 Å². The highest BCUT2D eigenvalue weighted by atomic mass is 16.6. The van der Waals surface area contributed by atoms with Crippen molar-refractivity contribution in [2.75, 3.05) is 7.11 Å². The predicted molar refractivity (Wildman–Crippen MR) is 206 cm³/mol. The summed E-state index contributed by atoms with van der Waals surface area (Å²) in [4.78, 5) is 36.8. The van der Waals surface area contributed by atoms with Crippen molar-refractivity contribution in [3.8, 4) is 5.75 Å². The molecule has 0 aliphatic carbocycles. The van der Waals surface area contributed by atoms with Gasteiger partial charge in [-0.15, -0.1) is 0 Å². The number of ketones is 1. The van der Waals surface area contributed by atoms with Gasteiger partial charge in [-0.3, -0.25) is 14.4 Å². The Morgan fingerprint density at radius 3 is 2.27 bits per heavy atom. The third-order valence-electron chi connectivity index (χ3n) is 8.34. The molecule has 1 saturated heterocycles. The number of allylic oxidation sites excluding steroid dienone is 14. The number of aliphatic hydroxyl groups excluding tert-OH is 2. The smallest absolute Gasteiger partial charge is 0.312 e. The second-order valence-corrected chi connectivity index (χ2v) is 13.3. The third-order valence-corrected chi connectivity index (χ3v) is 8.34. The molecule has 4 N–H and O–H groups in total. The van der Waals surface area contributed by atoms with Crippen LogP contribution in [-0.2, 0) is 30.3 Å². The first-order chi connectivity index (χ1) is 24.6. The van der Waals surface area contributed by atoms with Crippen molar-refractivity contribution in [2.45, 2.75) is 84.7 Å². The summed E-state index contributed by atoms with van der Waals surface area (Å²) >= 11 is 0. The number of aliphatic hydroxyl groups is 2.